The van der Waals surface area contributed by atoms with Gasteiger partial charge in [-0.15, -0.1) is 0 Å². The highest BCUT2D eigenvalue weighted by Gasteiger charge is 2.23. The van der Waals surface area contributed by atoms with E-state index in [2.05, 4.69) is 45.2 Å². The van der Waals surface area contributed by atoms with Gasteiger partial charge in [0.25, 0.3) is 0 Å². The maximum Gasteiger partial charge on any atom is 0.0933 e. The second-order valence-corrected chi connectivity index (χ2v) is 5.96. The number of fused-ring (bicyclic) bond motifs is 1. The van der Waals surface area contributed by atoms with Gasteiger partial charge < -0.3 is 5.73 Å². The van der Waals surface area contributed by atoms with Crippen LogP contribution in [0.4, 0.5) is 0 Å². The molecule has 0 saturated carbocycles. The van der Waals surface area contributed by atoms with Crippen LogP contribution in [0.2, 0.25) is 0 Å². The number of para-hydroxylation sites is 1. The molecule has 0 saturated heterocycles. The Kier molecular flexibility index (Phi) is 3.82. The van der Waals surface area contributed by atoms with Crippen molar-refractivity contribution in [1.29, 1.82) is 0 Å². The van der Waals surface area contributed by atoms with Crippen molar-refractivity contribution in [1.82, 2.24) is 19.6 Å². The Labute approximate surface area is 131 Å². The molecule has 0 aliphatic heterocycles. The molecule has 1 aromatic carbocycles. The van der Waals surface area contributed by atoms with Crippen LogP contribution in [0.5, 0.6) is 0 Å². The van der Waals surface area contributed by atoms with Gasteiger partial charge in [-0.1, -0.05) is 25.1 Å². The van der Waals surface area contributed by atoms with Gasteiger partial charge in [-0.2, -0.15) is 10.2 Å². The lowest BCUT2D eigenvalue weighted by molar-refractivity contribution is 0.554. The Balaban J connectivity index is 2.13. The van der Waals surface area contributed by atoms with Crippen LogP contribution in [0.3, 0.4) is 0 Å². The van der Waals surface area contributed by atoms with Crippen molar-refractivity contribution in [2.45, 2.75) is 25.9 Å². The molecule has 5 nitrogen and oxygen atoms in total. The minimum absolute atomic E-state index is 0.306. The SMILES string of the molecule is CCCn1ncc(Br)c1C(N)c1nn(C)c2ccccc12. The Morgan fingerprint density at radius 2 is 2.10 bits per heavy atom. The van der Waals surface area contributed by atoms with Gasteiger partial charge in [0.1, 0.15) is 0 Å². The van der Waals surface area contributed by atoms with E-state index in [1.54, 1.807) is 6.20 Å². The molecule has 0 fully saturated rings. The van der Waals surface area contributed by atoms with Crippen LogP contribution in [0.15, 0.2) is 34.9 Å². The lowest BCUT2D eigenvalue weighted by atomic mass is 10.1. The van der Waals surface area contributed by atoms with Gasteiger partial charge in [-0.05, 0) is 28.4 Å². The molecule has 2 heterocycles. The summed E-state index contributed by atoms with van der Waals surface area (Å²) in [5, 5.41) is 10.1. The molecule has 110 valence electrons. The zero-order chi connectivity index (χ0) is 15.0. The van der Waals surface area contributed by atoms with E-state index in [9.17, 15) is 0 Å². The molecular formula is C15H18BrN5. The molecule has 0 aliphatic rings. The standard InChI is InChI=1S/C15H18BrN5/c1-3-8-21-15(11(16)9-18-21)13(17)14-10-6-4-5-7-12(10)20(2)19-14/h4-7,9,13H,3,8,17H2,1-2H3. The number of aromatic nitrogens is 4. The Bertz CT molecular complexity index is 774. The molecule has 2 N–H and O–H groups in total. The maximum absolute atomic E-state index is 6.51. The summed E-state index contributed by atoms with van der Waals surface area (Å²) in [6, 6.07) is 7.83. The molecular weight excluding hydrogens is 330 g/mol. The monoisotopic (exact) mass is 347 g/mol. The van der Waals surface area contributed by atoms with Crippen LogP contribution in [-0.4, -0.2) is 19.6 Å². The third-order valence-electron chi connectivity index (χ3n) is 3.64. The molecule has 0 bridgehead atoms. The quantitative estimate of drug-likeness (QED) is 0.788. The van der Waals surface area contributed by atoms with E-state index >= 15 is 0 Å². The molecule has 6 heteroatoms. The van der Waals surface area contributed by atoms with Gasteiger partial charge in [-0.25, -0.2) is 0 Å². The number of rotatable bonds is 4. The van der Waals surface area contributed by atoms with Crippen molar-refractivity contribution in [3.63, 3.8) is 0 Å². The van der Waals surface area contributed by atoms with Gasteiger partial charge in [0.05, 0.1) is 33.6 Å². The van der Waals surface area contributed by atoms with Crippen molar-refractivity contribution >= 4 is 26.8 Å². The summed E-state index contributed by atoms with van der Waals surface area (Å²) in [6.45, 7) is 2.97. The number of benzene rings is 1. The zero-order valence-corrected chi connectivity index (χ0v) is 13.7. The molecule has 0 amide bonds. The normalized spacial score (nSPS) is 13.0. The number of halogens is 1. The largest absolute Gasteiger partial charge is 0.318 e. The molecule has 1 atom stereocenters. The number of nitrogens with zero attached hydrogens (tertiary/aromatic N) is 4. The van der Waals surface area contributed by atoms with Crippen molar-refractivity contribution in [3.8, 4) is 0 Å². The topological polar surface area (TPSA) is 61.7 Å². The smallest absolute Gasteiger partial charge is 0.0933 e. The predicted molar refractivity (Wildman–Crippen MR) is 87.0 cm³/mol. The first-order valence-electron chi connectivity index (χ1n) is 7.02. The summed E-state index contributed by atoms with van der Waals surface area (Å²) in [7, 11) is 1.94. The van der Waals surface area contributed by atoms with Crippen molar-refractivity contribution < 1.29 is 0 Å². The minimum Gasteiger partial charge on any atom is -0.318 e. The first-order chi connectivity index (χ1) is 10.1. The van der Waals surface area contributed by atoms with E-state index in [4.69, 9.17) is 5.73 Å². The van der Waals surface area contributed by atoms with E-state index in [0.717, 1.165) is 39.7 Å². The maximum atomic E-state index is 6.51. The van der Waals surface area contributed by atoms with Crippen LogP contribution in [0, 0.1) is 0 Å². The summed E-state index contributed by atoms with van der Waals surface area (Å²) in [6.07, 6.45) is 2.81. The zero-order valence-electron chi connectivity index (χ0n) is 12.1. The van der Waals surface area contributed by atoms with Crippen molar-refractivity contribution in [2.24, 2.45) is 12.8 Å². The Hall–Kier alpha value is -1.66. The summed E-state index contributed by atoms with van der Waals surface area (Å²) >= 11 is 3.56. The molecule has 0 radical (unpaired) electrons. The van der Waals surface area contributed by atoms with Crippen LogP contribution in [0.1, 0.15) is 30.8 Å². The first-order valence-corrected chi connectivity index (χ1v) is 7.81. The molecule has 0 aliphatic carbocycles. The fourth-order valence-corrected chi connectivity index (χ4v) is 3.21. The van der Waals surface area contributed by atoms with Crippen LogP contribution in [-0.2, 0) is 13.6 Å². The van der Waals surface area contributed by atoms with Crippen LogP contribution in [0.25, 0.3) is 10.9 Å². The second kappa shape index (κ2) is 5.61. The fourth-order valence-electron chi connectivity index (χ4n) is 2.67. The van der Waals surface area contributed by atoms with E-state index in [1.165, 1.54) is 0 Å². The number of hydrogen-bond donors (Lipinski definition) is 1. The highest BCUT2D eigenvalue weighted by Crippen LogP contribution is 2.30. The third-order valence-corrected chi connectivity index (χ3v) is 4.26. The number of nitrogens with two attached hydrogens (primary N) is 1. The molecule has 0 spiro atoms. The summed E-state index contributed by atoms with van der Waals surface area (Å²) in [4.78, 5) is 0. The summed E-state index contributed by atoms with van der Waals surface area (Å²) in [5.41, 5.74) is 9.44. The molecule has 2 aromatic heterocycles. The average Bonchev–Trinajstić information content (AvgIpc) is 3.01. The predicted octanol–water partition coefficient (Wildman–Crippen LogP) is 2.99. The van der Waals surface area contributed by atoms with Gasteiger partial charge in [0.15, 0.2) is 0 Å². The van der Waals surface area contributed by atoms with Crippen molar-refractivity contribution in [3.05, 3.63) is 46.3 Å². The lowest BCUT2D eigenvalue weighted by Crippen LogP contribution is -2.19. The molecule has 1 unspecified atom stereocenters. The number of hydrogen-bond acceptors (Lipinski definition) is 3. The fraction of sp³-hybridized carbons (Fsp3) is 0.333. The molecule has 3 aromatic rings. The summed E-state index contributed by atoms with van der Waals surface area (Å²) < 4.78 is 4.76. The van der Waals surface area contributed by atoms with Gasteiger partial charge in [0.2, 0.25) is 0 Å². The average molecular weight is 348 g/mol. The highest BCUT2D eigenvalue weighted by molar-refractivity contribution is 9.10. The highest BCUT2D eigenvalue weighted by atomic mass is 79.9. The van der Waals surface area contributed by atoms with E-state index in [0.29, 0.717) is 0 Å². The van der Waals surface area contributed by atoms with Gasteiger partial charge >= 0.3 is 0 Å². The van der Waals surface area contributed by atoms with E-state index in [-0.39, 0.29) is 6.04 Å². The van der Waals surface area contributed by atoms with Crippen LogP contribution < -0.4 is 5.73 Å². The molecule has 3 rings (SSSR count). The van der Waals surface area contributed by atoms with E-state index < -0.39 is 0 Å². The van der Waals surface area contributed by atoms with Gasteiger partial charge in [0, 0.05) is 19.0 Å². The lowest BCUT2D eigenvalue weighted by Gasteiger charge is -2.13. The summed E-state index contributed by atoms with van der Waals surface area (Å²) in [5.74, 6) is 0. The van der Waals surface area contributed by atoms with Crippen LogP contribution >= 0.6 is 15.9 Å². The Morgan fingerprint density at radius 3 is 2.86 bits per heavy atom. The van der Waals surface area contributed by atoms with Crippen molar-refractivity contribution in [2.75, 3.05) is 0 Å². The Morgan fingerprint density at radius 1 is 1.33 bits per heavy atom. The first kappa shape index (κ1) is 14.3. The molecule has 21 heavy (non-hydrogen) atoms. The van der Waals surface area contributed by atoms with Gasteiger partial charge in [-0.3, -0.25) is 9.36 Å². The minimum atomic E-state index is -0.306. The second-order valence-electron chi connectivity index (χ2n) is 5.10. The van der Waals surface area contributed by atoms with E-state index in [1.807, 2.05) is 28.5 Å². The number of aryl methyl sites for hydroxylation is 2. The third kappa shape index (κ3) is 2.38.